The molecule has 0 bridgehead atoms. The van der Waals surface area contributed by atoms with E-state index in [0.717, 1.165) is 38.0 Å². The Balaban J connectivity index is 1.64. The molecule has 6 nitrogen and oxygen atoms in total. The molecule has 0 saturated carbocycles. The summed E-state index contributed by atoms with van der Waals surface area (Å²) in [5.41, 5.74) is 0.951. The van der Waals surface area contributed by atoms with E-state index >= 15 is 0 Å². The highest BCUT2D eigenvalue weighted by Crippen LogP contribution is 2.40. The summed E-state index contributed by atoms with van der Waals surface area (Å²) in [6.45, 7) is 3.50. The number of likely N-dealkylation sites (tertiary alicyclic amines) is 1. The van der Waals surface area contributed by atoms with E-state index in [1.165, 1.54) is 0 Å². The summed E-state index contributed by atoms with van der Waals surface area (Å²) < 4.78 is 17.0. The highest BCUT2D eigenvalue weighted by Gasteiger charge is 2.47. The lowest BCUT2D eigenvalue weighted by molar-refractivity contribution is -0.167. The third-order valence-corrected chi connectivity index (χ3v) is 4.99. The van der Waals surface area contributed by atoms with Crippen molar-refractivity contribution in [2.24, 2.45) is 5.41 Å². The van der Waals surface area contributed by atoms with Crippen LogP contribution in [-0.4, -0.2) is 61.9 Å². The van der Waals surface area contributed by atoms with E-state index in [2.05, 4.69) is 4.98 Å². The first-order valence-electron chi connectivity index (χ1n) is 8.58. The van der Waals surface area contributed by atoms with E-state index in [9.17, 15) is 4.79 Å². The number of hydrogen-bond donors (Lipinski definition) is 0. The lowest BCUT2D eigenvalue weighted by Crippen LogP contribution is -2.58. The Bertz CT molecular complexity index is 539. The van der Waals surface area contributed by atoms with Crippen molar-refractivity contribution in [2.75, 3.05) is 40.0 Å². The highest BCUT2D eigenvalue weighted by atomic mass is 16.5. The van der Waals surface area contributed by atoms with E-state index in [-0.39, 0.29) is 24.0 Å². The van der Waals surface area contributed by atoms with Gasteiger partial charge in [-0.25, -0.2) is 0 Å². The van der Waals surface area contributed by atoms with Gasteiger partial charge in [-0.3, -0.25) is 9.78 Å². The Labute approximate surface area is 143 Å². The third-order valence-electron chi connectivity index (χ3n) is 4.99. The van der Waals surface area contributed by atoms with E-state index in [1.54, 1.807) is 13.3 Å². The number of methoxy groups -OCH3 is 1. The van der Waals surface area contributed by atoms with Crippen molar-refractivity contribution in [3.05, 3.63) is 30.1 Å². The second-order valence-corrected chi connectivity index (χ2v) is 6.72. The van der Waals surface area contributed by atoms with Gasteiger partial charge in [0, 0.05) is 44.6 Å². The average Bonchev–Trinajstić information content (AvgIpc) is 2.62. The molecule has 1 aromatic heterocycles. The molecular weight excluding hydrogens is 308 g/mol. The molecule has 2 aliphatic rings. The summed E-state index contributed by atoms with van der Waals surface area (Å²) >= 11 is 0. The summed E-state index contributed by atoms with van der Waals surface area (Å²) in [4.78, 5) is 18.2. The fraction of sp³-hybridized carbons (Fsp3) is 0.667. The number of amides is 1. The van der Waals surface area contributed by atoms with Crippen molar-refractivity contribution in [2.45, 2.75) is 32.0 Å². The summed E-state index contributed by atoms with van der Waals surface area (Å²) in [7, 11) is 1.56. The fourth-order valence-corrected chi connectivity index (χ4v) is 3.78. The van der Waals surface area contributed by atoms with Gasteiger partial charge in [0.15, 0.2) is 0 Å². The molecule has 1 amide bonds. The lowest BCUT2D eigenvalue weighted by Gasteiger charge is -2.50. The molecule has 1 aromatic rings. The second-order valence-electron chi connectivity index (χ2n) is 6.72. The maximum Gasteiger partial charge on any atom is 0.248 e. The average molecular weight is 334 g/mol. The molecule has 3 rings (SSSR count). The standard InChI is InChI=1S/C18H26N2O4/c1-22-12-17(21)20-8-5-16-18(13-20,6-3-9-24-16)14-23-11-15-4-2-7-19-10-15/h2,4,7,10,16H,3,5-6,8-9,11-14H2,1H3/t16-,18-/m0/s1. The van der Waals surface area contributed by atoms with Gasteiger partial charge in [0.1, 0.15) is 6.61 Å². The minimum atomic E-state index is -0.109. The molecule has 0 aliphatic carbocycles. The van der Waals surface area contributed by atoms with Gasteiger partial charge in [-0.2, -0.15) is 0 Å². The van der Waals surface area contributed by atoms with Crippen LogP contribution < -0.4 is 0 Å². The number of pyridine rings is 1. The van der Waals surface area contributed by atoms with Crippen LogP contribution in [0.2, 0.25) is 0 Å². The Kier molecular flexibility index (Phi) is 5.81. The quantitative estimate of drug-likeness (QED) is 0.791. The van der Waals surface area contributed by atoms with Crippen molar-refractivity contribution >= 4 is 5.91 Å². The predicted octanol–water partition coefficient (Wildman–Crippen LogP) is 1.64. The number of aromatic nitrogens is 1. The van der Waals surface area contributed by atoms with Gasteiger partial charge in [-0.15, -0.1) is 0 Å². The zero-order valence-electron chi connectivity index (χ0n) is 14.3. The first kappa shape index (κ1) is 17.3. The van der Waals surface area contributed by atoms with Crippen LogP contribution in [-0.2, 0) is 25.6 Å². The van der Waals surface area contributed by atoms with Crippen molar-refractivity contribution < 1.29 is 19.0 Å². The largest absolute Gasteiger partial charge is 0.377 e. The Hall–Kier alpha value is -1.50. The number of fused-ring (bicyclic) bond motifs is 1. The minimum Gasteiger partial charge on any atom is -0.377 e. The van der Waals surface area contributed by atoms with Crippen molar-refractivity contribution in [1.82, 2.24) is 9.88 Å². The molecule has 132 valence electrons. The van der Waals surface area contributed by atoms with Gasteiger partial charge >= 0.3 is 0 Å². The number of nitrogens with zero attached hydrogens (tertiary/aromatic N) is 2. The Morgan fingerprint density at radius 1 is 1.54 bits per heavy atom. The SMILES string of the molecule is COCC(=O)N1CC[C@@H]2OCCC[C@@]2(COCc2cccnc2)C1. The van der Waals surface area contributed by atoms with Gasteiger partial charge in [0.05, 0.1) is 19.3 Å². The second kappa shape index (κ2) is 8.05. The number of piperidine rings is 1. The maximum atomic E-state index is 12.2. The van der Waals surface area contributed by atoms with Gasteiger partial charge in [-0.1, -0.05) is 6.07 Å². The number of carbonyl (C=O) groups is 1. The Morgan fingerprint density at radius 2 is 2.46 bits per heavy atom. The smallest absolute Gasteiger partial charge is 0.248 e. The van der Waals surface area contributed by atoms with Gasteiger partial charge in [0.2, 0.25) is 5.91 Å². The summed E-state index contributed by atoms with van der Waals surface area (Å²) in [6, 6.07) is 3.92. The van der Waals surface area contributed by atoms with Crippen LogP contribution >= 0.6 is 0 Å². The van der Waals surface area contributed by atoms with Gasteiger partial charge < -0.3 is 19.1 Å². The zero-order chi connectivity index (χ0) is 16.8. The van der Waals surface area contributed by atoms with Crippen LogP contribution in [0, 0.1) is 5.41 Å². The third kappa shape index (κ3) is 3.94. The maximum absolute atomic E-state index is 12.2. The molecule has 2 saturated heterocycles. The monoisotopic (exact) mass is 334 g/mol. The molecule has 2 atom stereocenters. The van der Waals surface area contributed by atoms with Crippen LogP contribution in [0.1, 0.15) is 24.8 Å². The van der Waals surface area contributed by atoms with Crippen molar-refractivity contribution in [3.8, 4) is 0 Å². The van der Waals surface area contributed by atoms with Gasteiger partial charge in [0.25, 0.3) is 0 Å². The van der Waals surface area contributed by atoms with Crippen molar-refractivity contribution in [1.29, 1.82) is 0 Å². The molecule has 24 heavy (non-hydrogen) atoms. The van der Waals surface area contributed by atoms with E-state index in [4.69, 9.17) is 14.2 Å². The summed E-state index contributed by atoms with van der Waals surface area (Å²) in [6.07, 6.45) is 6.66. The van der Waals surface area contributed by atoms with Crippen LogP contribution in [0.4, 0.5) is 0 Å². The number of ether oxygens (including phenoxy) is 3. The Morgan fingerprint density at radius 3 is 3.25 bits per heavy atom. The minimum absolute atomic E-state index is 0.0492. The fourth-order valence-electron chi connectivity index (χ4n) is 3.78. The molecule has 0 unspecified atom stereocenters. The van der Waals surface area contributed by atoms with Crippen LogP contribution in [0.15, 0.2) is 24.5 Å². The predicted molar refractivity (Wildman–Crippen MR) is 88.4 cm³/mol. The molecule has 0 N–H and O–H groups in total. The molecule has 2 fully saturated rings. The lowest BCUT2D eigenvalue weighted by atomic mass is 9.73. The number of carbonyl (C=O) groups excluding carboxylic acids is 1. The molecule has 0 spiro atoms. The molecule has 3 heterocycles. The first-order chi connectivity index (χ1) is 11.7. The van der Waals surface area contributed by atoms with Gasteiger partial charge in [-0.05, 0) is 30.9 Å². The first-order valence-corrected chi connectivity index (χ1v) is 8.58. The zero-order valence-corrected chi connectivity index (χ0v) is 14.3. The number of hydrogen-bond acceptors (Lipinski definition) is 5. The van der Waals surface area contributed by atoms with Crippen LogP contribution in [0.25, 0.3) is 0 Å². The molecule has 6 heteroatoms. The van der Waals surface area contributed by atoms with Crippen molar-refractivity contribution in [3.63, 3.8) is 0 Å². The molecular formula is C18H26N2O4. The number of rotatable bonds is 6. The molecule has 2 aliphatic heterocycles. The highest BCUT2D eigenvalue weighted by molar-refractivity contribution is 5.77. The summed E-state index contributed by atoms with van der Waals surface area (Å²) in [5, 5.41) is 0. The molecule has 0 radical (unpaired) electrons. The van der Waals surface area contributed by atoms with Crippen LogP contribution in [0.5, 0.6) is 0 Å². The molecule has 0 aromatic carbocycles. The topological polar surface area (TPSA) is 60.9 Å². The van der Waals surface area contributed by atoms with Crippen LogP contribution in [0.3, 0.4) is 0 Å². The van der Waals surface area contributed by atoms with E-state index < -0.39 is 0 Å². The normalized spacial score (nSPS) is 26.9. The summed E-state index contributed by atoms with van der Waals surface area (Å²) in [5.74, 6) is 0.0492. The van der Waals surface area contributed by atoms with E-state index in [1.807, 2.05) is 23.2 Å². The van der Waals surface area contributed by atoms with E-state index in [0.29, 0.717) is 19.8 Å².